The van der Waals surface area contributed by atoms with Gasteiger partial charge in [-0.3, -0.25) is 0 Å². The van der Waals surface area contributed by atoms with Crippen LogP contribution in [0.2, 0.25) is 0 Å². The third-order valence-corrected chi connectivity index (χ3v) is 3.59. The molecule has 6 heteroatoms. The molecule has 1 aliphatic heterocycles. The highest BCUT2D eigenvalue weighted by Crippen LogP contribution is 2.40. The van der Waals surface area contributed by atoms with Crippen molar-refractivity contribution in [2.75, 3.05) is 19.8 Å². The van der Waals surface area contributed by atoms with Crippen LogP contribution < -0.4 is 4.74 Å². The van der Waals surface area contributed by atoms with Gasteiger partial charge >= 0.3 is 6.18 Å². The summed E-state index contributed by atoms with van der Waals surface area (Å²) in [4.78, 5) is 0. The average molecular weight is 309 g/mol. The summed E-state index contributed by atoms with van der Waals surface area (Å²) in [7, 11) is 0. The minimum Gasteiger partial charge on any atom is -0.492 e. The summed E-state index contributed by atoms with van der Waals surface area (Å²) in [6.45, 7) is 3.22. The maximum absolute atomic E-state index is 12.0. The van der Waals surface area contributed by atoms with Gasteiger partial charge in [0.15, 0.2) is 0 Å². The highest BCUT2D eigenvalue weighted by Gasteiger charge is 2.32. The first-order chi connectivity index (χ1) is 9.19. The molecule has 0 aliphatic carbocycles. The van der Waals surface area contributed by atoms with E-state index in [-0.39, 0.29) is 12.0 Å². The summed E-state index contributed by atoms with van der Waals surface area (Å²) in [5, 5.41) is -0.612. The van der Waals surface area contributed by atoms with Crippen LogP contribution >= 0.6 is 11.6 Å². The molecule has 1 aromatic rings. The maximum Gasteiger partial charge on any atom is 0.411 e. The lowest BCUT2D eigenvalue weighted by molar-refractivity contribution is -0.173. The van der Waals surface area contributed by atoms with Gasteiger partial charge in [0.05, 0.1) is 18.6 Å². The van der Waals surface area contributed by atoms with Crippen LogP contribution in [0.15, 0.2) is 18.2 Å². The van der Waals surface area contributed by atoms with Gasteiger partial charge in [0.25, 0.3) is 0 Å². The largest absolute Gasteiger partial charge is 0.492 e. The van der Waals surface area contributed by atoms with Gasteiger partial charge in [-0.05, 0) is 17.7 Å². The van der Waals surface area contributed by atoms with Crippen molar-refractivity contribution in [3.8, 4) is 5.75 Å². The molecule has 1 unspecified atom stereocenters. The Balaban J connectivity index is 2.03. The minimum atomic E-state index is -4.33. The Hall–Kier alpha value is -0.940. The van der Waals surface area contributed by atoms with Gasteiger partial charge in [0.1, 0.15) is 12.4 Å². The van der Waals surface area contributed by atoms with Gasteiger partial charge in [-0.2, -0.15) is 13.2 Å². The lowest BCUT2D eigenvalue weighted by atomic mass is 9.86. The Kier molecular flexibility index (Phi) is 4.21. The fourth-order valence-corrected chi connectivity index (χ4v) is 2.33. The third kappa shape index (κ3) is 3.58. The van der Waals surface area contributed by atoms with Crippen LogP contribution in [0, 0.1) is 0 Å². The van der Waals surface area contributed by atoms with Crippen molar-refractivity contribution in [1.82, 2.24) is 0 Å². The summed E-state index contributed by atoms with van der Waals surface area (Å²) in [5.74, 6) is 0.804. The zero-order valence-electron chi connectivity index (χ0n) is 11.3. The van der Waals surface area contributed by atoms with Crippen LogP contribution in [0.4, 0.5) is 13.2 Å². The van der Waals surface area contributed by atoms with Gasteiger partial charge in [0.2, 0.25) is 0 Å². The Bertz CT molecular complexity index is 486. The molecular formula is C14H16ClF3O2. The van der Waals surface area contributed by atoms with Crippen molar-refractivity contribution in [1.29, 1.82) is 0 Å². The fourth-order valence-electron chi connectivity index (χ4n) is 2.11. The van der Waals surface area contributed by atoms with E-state index in [1.54, 1.807) is 12.1 Å². The van der Waals surface area contributed by atoms with E-state index in [2.05, 4.69) is 4.74 Å². The Labute approximate surface area is 120 Å². The SMILES string of the molecule is CC1(C)COc2ccc(C(Cl)COCC(F)(F)F)cc21. The van der Waals surface area contributed by atoms with Crippen molar-refractivity contribution in [2.45, 2.75) is 30.8 Å². The number of rotatable bonds is 4. The molecule has 20 heavy (non-hydrogen) atoms. The molecular weight excluding hydrogens is 293 g/mol. The first-order valence-corrected chi connectivity index (χ1v) is 6.68. The number of alkyl halides is 4. The zero-order valence-corrected chi connectivity index (χ0v) is 12.0. The molecule has 0 fully saturated rings. The molecule has 2 nitrogen and oxygen atoms in total. The van der Waals surface area contributed by atoms with Crippen LogP contribution in [0.5, 0.6) is 5.75 Å². The molecule has 0 bridgehead atoms. The molecule has 1 aromatic carbocycles. The van der Waals surface area contributed by atoms with E-state index >= 15 is 0 Å². The molecule has 0 saturated carbocycles. The van der Waals surface area contributed by atoms with Crippen molar-refractivity contribution in [3.63, 3.8) is 0 Å². The second kappa shape index (κ2) is 5.45. The topological polar surface area (TPSA) is 18.5 Å². The fraction of sp³-hybridized carbons (Fsp3) is 0.571. The normalized spacial score (nSPS) is 18.5. The monoisotopic (exact) mass is 308 g/mol. The number of benzene rings is 1. The predicted molar refractivity (Wildman–Crippen MR) is 70.4 cm³/mol. The Morgan fingerprint density at radius 1 is 1.40 bits per heavy atom. The molecule has 1 aliphatic rings. The van der Waals surface area contributed by atoms with Crippen molar-refractivity contribution < 1.29 is 22.6 Å². The van der Waals surface area contributed by atoms with Gasteiger partial charge < -0.3 is 9.47 Å². The molecule has 1 heterocycles. The summed E-state index contributed by atoms with van der Waals surface area (Å²) < 4.78 is 46.2. The van der Waals surface area contributed by atoms with Crippen molar-refractivity contribution in [3.05, 3.63) is 29.3 Å². The van der Waals surface area contributed by atoms with E-state index in [0.717, 1.165) is 16.9 Å². The lowest BCUT2D eigenvalue weighted by Gasteiger charge is -2.17. The van der Waals surface area contributed by atoms with Crippen molar-refractivity contribution >= 4 is 11.6 Å². The smallest absolute Gasteiger partial charge is 0.411 e. The molecule has 0 N–H and O–H groups in total. The number of ether oxygens (including phenoxy) is 2. The maximum atomic E-state index is 12.0. The highest BCUT2D eigenvalue weighted by atomic mass is 35.5. The molecule has 0 amide bonds. The van der Waals surface area contributed by atoms with E-state index in [0.29, 0.717) is 6.61 Å². The second-order valence-electron chi connectivity index (χ2n) is 5.53. The minimum absolute atomic E-state index is 0.116. The Morgan fingerprint density at radius 3 is 2.75 bits per heavy atom. The number of hydrogen-bond donors (Lipinski definition) is 0. The molecule has 2 rings (SSSR count). The van der Waals surface area contributed by atoms with E-state index in [1.807, 2.05) is 19.9 Å². The van der Waals surface area contributed by atoms with E-state index in [1.165, 1.54) is 0 Å². The molecule has 0 spiro atoms. The van der Waals surface area contributed by atoms with Gasteiger partial charge in [-0.25, -0.2) is 0 Å². The quantitative estimate of drug-likeness (QED) is 0.776. The highest BCUT2D eigenvalue weighted by molar-refractivity contribution is 6.20. The third-order valence-electron chi connectivity index (χ3n) is 3.21. The molecule has 112 valence electrons. The standard InChI is InChI=1S/C14H16ClF3O2/c1-13(2)7-20-12-4-3-9(5-10(12)13)11(15)6-19-8-14(16,17)18/h3-5,11H,6-8H2,1-2H3. The van der Waals surface area contributed by atoms with Crippen LogP contribution in [-0.4, -0.2) is 26.0 Å². The average Bonchev–Trinajstić information content (AvgIpc) is 2.63. The molecule has 0 aromatic heterocycles. The first kappa shape index (κ1) is 15.4. The molecule has 0 saturated heterocycles. The first-order valence-electron chi connectivity index (χ1n) is 6.25. The Morgan fingerprint density at radius 2 is 2.10 bits per heavy atom. The zero-order chi connectivity index (χ0) is 15.0. The van der Waals surface area contributed by atoms with E-state index in [4.69, 9.17) is 16.3 Å². The van der Waals surface area contributed by atoms with Gasteiger partial charge in [-0.1, -0.05) is 19.9 Å². The number of fused-ring (bicyclic) bond motifs is 1. The molecule has 0 radical (unpaired) electrons. The van der Waals surface area contributed by atoms with Crippen LogP contribution in [-0.2, 0) is 10.2 Å². The lowest BCUT2D eigenvalue weighted by Crippen LogP contribution is -2.19. The second-order valence-corrected chi connectivity index (χ2v) is 6.05. The number of halogens is 4. The molecule has 1 atom stereocenters. The predicted octanol–water partition coefficient (Wildman–Crippen LogP) is 4.22. The summed E-state index contributed by atoms with van der Waals surface area (Å²) in [6, 6.07) is 5.45. The van der Waals surface area contributed by atoms with E-state index in [9.17, 15) is 13.2 Å². The van der Waals surface area contributed by atoms with Crippen LogP contribution in [0.1, 0.15) is 30.4 Å². The van der Waals surface area contributed by atoms with Crippen LogP contribution in [0.3, 0.4) is 0 Å². The summed E-state index contributed by atoms with van der Waals surface area (Å²) >= 11 is 6.10. The van der Waals surface area contributed by atoms with Crippen molar-refractivity contribution in [2.24, 2.45) is 0 Å². The summed E-state index contributed by atoms with van der Waals surface area (Å²) in [5.41, 5.74) is 1.65. The summed E-state index contributed by atoms with van der Waals surface area (Å²) in [6.07, 6.45) is -4.33. The van der Waals surface area contributed by atoms with Crippen LogP contribution in [0.25, 0.3) is 0 Å². The van der Waals surface area contributed by atoms with E-state index < -0.39 is 18.2 Å². The van der Waals surface area contributed by atoms with Gasteiger partial charge in [-0.15, -0.1) is 11.6 Å². The number of hydrogen-bond acceptors (Lipinski definition) is 2. The van der Waals surface area contributed by atoms with Gasteiger partial charge in [0, 0.05) is 11.0 Å².